The molecule has 0 radical (unpaired) electrons. The van der Waals surface area contributed by atoms with E-state index in [1.807, 2.05) is 37.2 Å². The van der Waals surface area contributed by atoms with Crippen LogP contribution >= 0.6 is 11.3 Å². The van der Waals surface area contributed by atoms with Crippen LogP contribution in [0.3, 0.4) is 0 Å². The van der Waals surface area contributed by atoms with Gasteiger partial charge in [0.2, 0.25) is 5.78 Å². The third-order valence-electron chi connectivity index (χ3n) is 4.51. The van der Waals surface area contributed by atoms with Crippen LogP contribution in [0.15, 0.2) is 53.1 Å². The molecule has 0 saturated carbocycles. The van der Waals surface area contributed by atoms with Crippen LogP contribution in [0.5, 0.6) is 5.75 Å². The number of ether oxygens (including phenoxy) is 1. The number of aliphatic hydroxyl groups is 1. The van der Waals surface area contributed by atoms with Crippen molar-refractivity contribution in [2.24, 2.45) is 0 Å². The molecule has 1 aliphatic rings. The summed E-state index contributed by atoms with van der Waals surface area (Å²) < 4.78 is 5.46. The number of Topliss-reactive ketones (excluding diaryl/α,β-unsaturated/α-hetero) is 1. The first-order valence-corrected chi connectivity index (χ1v) is 9.43. The standard InChI is InChI=1S/C20H22N2O4S/c1-21(2)10-11-22-17(13-7-4-5-8-14(13)26-3)16(19(24)20(22)25)18(23)15-9-6-12-27-15/h4-9,12,17,24H,10-11H2,1-3H3. The minimum atomic E-state index is -0.691. The van der Waals surface area contributed by atoms with Crippen LogP contribution in [0.2, 0.25) is 0 Å². The Kier molecular flexibility index (Phi) is 5.62. The number of likely N-dealkylation sites (N-methyl/N-ethyl adjacent to an activating group) is 1. The van der Waals surface area contributed by atoms with Crippen molar-refractivity contribution in [3.63, 3.8) is 0 Å². The van der Waals surface area contributed by atoms with E-state index in [0.29, 0.717) is 29.3 Å². The van der Waals surface area contributed by atoms with E-state index in [1.165, 1.54) is 16.2 Å². The van der Waals surface area contributed by atoms with Gasteiger partial charge in [-0.3, -0.25) is 9.59 Å². The molecule has 0 fully saturated rings. The van der Waals surface area contributed by atoms with Crippen molar-refractivity contribution in [2.75, 3.05) is 34.3 Å². The summed E-state index contributed by atoms with van der Waals surface area (Å²) in [6.45, 7) is 0.977. The fourth-order valence-corrected chi connectivity index (χ4v) is 3.86. The van der Waals surface area contributed by atoms with Gasteiger partial charge >= 0.3 is 0 Å². The highest BCUT2D eigenvalue weighted by Gasteiger charge is 2.44. The van der Waals surface area contributed by atoms with E-state index >= 15 is 0 Å². The number of para-hydroxylation sites is 1. The first-order chi connectivity index (χ1) is 13.0. The van der Waals surface area contributed by atoms with Crippen molar-refractivity contribution >= 4 is 23.0 Å². The zero-order chi connectivity index (χ0) is 19.6. The molecule has 2 heterocycles. The number of carbonyl (C=O) groups is 2. The van der Waals surface area contributed by atoms with Crippen LogP contribution in [-0.2, 0) is 4.79 Å². The van der Waals surface area contributed by atoms with Gasteiger partial charge in [0.05, 0.1) is 23.6 Å². The number of rotatable bonds is 7. The number of hydrogen-bond donors (Lipinski definition) is 1. The SMILES string of the molecule is COc1ccccc1C1C(C(=O)c2cccs2)=C(O)C(=O)N1CCN(C)C. The topological polar surface area (TPSA) is 70.1 Å². The lowest BCUT2D eigenvalue weighted by Gasteiger charge is -2.28. The number of aliphatic hydroxyl groups excluding tert-OH is 1. The monoisotopic (exact) mass is 386 g/mol. The van der Waals surface area contributed by atoms with Crippen molar-refractivity contribution in [1.29, 1.82) is 0 Å². The summed E-state index contributed by atoms with van der Waals surface area (Å²) in [7, 11) is 5.36. The van der Waals surface area contributed by atoms with Gasteiger partial charge in [0.1, 0.15) is 5.75 Å². The molecule has 0 saturated heterocycles. The molecule has 1 aliphatic heterocycles. The Morgan fingerprint density at radius 3 is 2.63 bits per heavy atom. The second-order valence-electron chi connectivity index (χ2n) is 6.52. The fraction of sp³-hybridized carbons (Fsp3) is 0.300. The Morgan fingerprint density at radius 2 is 2.00 bits per heavy atom. The van der Waals surface area contributed by atoms with Gasteiger partial charge in [0, 0.05) is 18.7 Å². The zero-order valence-corrected chi connectivity index (χ0v) is 16.3. The quantitative estimate of drug-likeness (QED) is 0.741. The second-order valence-corrected chi connectivity index (χ2v) is 7.46. The van der Waals surface area contributed by atoms with Gasteiger partial charge in [-0.15, -0.1) is 11.3 Å². The Bertz CT molecular complexity index is 874. The number of thiophene rings is 1. The van der Waals surface area contributed by atoms with Crippen LogP contribution < -0.4 is 4.74 Å². The molecule has 1 aromatic carbocycles. The molecule has 1 unspecified atom stereocenters. The fourth-order valence-electron chi connectivity index (χ4n) is 3.18. The average molecular weight is 386 g/mol. The lowest BCUT2D eigenvalue weighted by molar-refractivity contribution is -0.129. The molecular weight excluding hydrogens is 364 g/mol. The maximum atomic E-state index is 13.1. The minimum absolute atomic E-state index is 0.103. The molecule has 7 heteroatoms. The third-order valence-corrected chi connectivity index (χ3v) is 5.38. The molecule has 2 aromatic rings. The second kappa shape index (κ2) is 7.94. The number of methoxy groups -OCH3 is 1. The van der Waals surface area contributed by atoms with Crippen LogP contribution in [0.25, 0.3) is 0 Å². The van der Waals surface area contributed by atoms with E-state index in [4.69, 9.17) is 4.74 Å². The number of ketones is 1. The molecule has 1 aromatic heterocycles. The van der Waals surface area contributed by atoms with E-state index in [9.17, 15) is 14.7 Å². The van der Waals surface area contributed by atoms with E-state index in [0.717, 1.165) is 0 Å². The number of carbonyl (C=O) groups excluding carboxylic acids is 2. The lowest BCUT2D eigenvalue weighted by atomic mass is 9.94. The largest absolute Gasteiger partial charge is 0.503 e. The first-order valence-electron chi connectivity index (χ1n) is 8.55. The van der Waals surface area contributed by atoms with E-state index in [-0.39, 0.29) is 11.4 Å². The van der Waals surface area contributed by atoms with Gasteiger partial charge in [-0.25, -0.2) is 0 Å². The van der Waals surface area contributed by atoms with Crippen LogP contribution in [0.4, 0.5) is 0 Å². The summed E-state index contributed by atoms with van der Waals surface area (Å²) in [6.07, 6.45) is 0. The molecule has 142 valence electrons. The van der Waals surface area contributed by atoms with Crippen molar-refractivity contribution in [2.45, 2.75) is 6.04 Å². The van der Waals surface area contributed by atoms with Gasteiger partial charge < -0.3 is 19.6 Å². The zero-order valence-electron chi connectivity index (χ0n) is 15.5. The van der Waals surface area contributed by atoms with Crippen LogP contribution in [0, 0.1) is 0 Å². The van der Waals surface area contributed by atoms with Gasteiger partial charge in [-0.05, 0) is 31.6 Å². The Morgan fingerprint density at radius 1 is 1.26 bits per heavy atom. The summed E-state index contributed by atoms with van der Waals surface area (Å²) in [5, 5.41) is 12.4. The number of hydrogen-bond acceptors (Lipinski definition) is 6. The molecule has 27 heavy (non-hydrogen) atoms. The lowest BCUT2D eigenvalue weighted by Crippen LogP contribution is -2.36. The normalized spacial score (nSPS) is 17.1. The highest BCUT2D eigenvalue weighted by atomic mass is 32.1. The third kappa shape index (κ3) is 3.61. The summed E-state index contributed by atoms with van der Waals surface area (Å²) in [6, 6.07) is 10.0. The van der Waals surface area contributed by atoms with Crippen LogP contribution in [-0.4, -0.2) is 60.9 Å². The van der Waals surface area contributed by atoms with E-state index < -0.39 is 17.7 Å². The first kappa shape index (κ1) is 19.1. The predicted octanol–water partition coefficient (Wildman–Crippen LogP) is 2.90. The highest BCUT2D eigenvalue weighted by Crippen LogP contribution is 2.42. The van der Waals surface area contributed by atoms with Gasteiger partial charge in [-0.1, -0.05) is 24.3 Å². The maximum Gasteiger partial charge on any atom is 0.290 e. The summed E-state index contributed by atoms with van der Waals surface area (Å²) >= 11 is 1.28. The molecule has 0 spiro atoms. The van der Waals surface area contributed by atoms with Crippen molar-refractivity contribution in [3.8, 4) is 5.75 Å². The van der Waals surface area contributed by atoms with Gasteiger partial charge in [-0.2, -0.15) is 0 Å². The summed E-state index contributed by atoms with van der Waals surface area (Å²) in [5.74, 6) is -0.786. The number of amides is 1. The number of nitrogens with zero attached hydrogens (tertiary/aromatic N) is 2. The molecule has 6 nitrogen and oxygen atoms in total. The van der Waals surface area contributed by atoms with E-state index in [2.05, 4.69) is 0 Å². The maximum absolute atomic E-state index is 13.1. The highest BCUT2D eigenvalue weighted by molar-refractivity contribution is 7.12. The Balaban J connectivity index is 2.10. The molecule has 0 bridgehead atoms. The van der Waals surface area contributed by atoms with Crippen LogP contribution in [0.1, 0.15) is 21.3 Å². The van der Waals surface area contributed by atoms with Crippen molar-refractivity contribution < 1.29 is 19.4 Å². The predicted molar refractivity (Wildman–Crippen MR) is 104 cm³/mol. The number of benzene rings is 1. The van der Waals surface area contributed by atoms with Crippen molar-refractivity contribution in [3.05, 3.63) is 63.6 Å². The molecule has 0 aliphatic carbocycles. The van der Waals surface area contributed by atoms with E-state index in [1.54, 1.807) is 30.7 Å². The summed E-state index contributed by atoms with van der Waals surface area (Å²) in [4.78, 5) is 29.9. The molecule has 1 N–H and O–H groups in total. The van der Waals surface area contributed by atoms with Gasteiger partial charge in [0.15, 0.2) is 5.76 Å². The molecular formula is C20H22N2O4S. The Hall–Kier alpha value is -2.64. The van der Waals surface area contributed by atoms with Crippen molar-refractivity contribution in [1.82, 2.24) is 9.80 Å². The minimum Gasteiger partial charge on any atom is -0.503 e. The van der Waals surface area contributed by atoms with Gasteiger partial charge in [0.25, 0.3) is 5.91 Å². The molecule has 3 rings (SSSR count). The Labute approximate surface area is 162 Å². The molecule has 1 amide bonds. The average Bonchev–Trinajstić information content (AvgIpc) is 3.28. The smallest absolute Gasteiger partial charge is 0.290 e. The summed E-state index contributed by atoms with van der Waals surface area (Å²) in [5.41, 5.74) is 0.779. The molecule has 1 atom stereocenters.